The molecule has 404 valence electrons. The van der Waals surface area contributed by atoms with Crippen molar-refractivity contribution >= 4 is 15.9 Å². The number of allylic oxidation sites excluding steroid dienone is 6. The van der Waals surface area contributed by atoms with E-state index in [0.717, 1.165) is 59.2 Å². The Bertz CT molecular complexity index is 2670. The molecule has 0 radical (unpaired) electrons. The Kier molecular flexibility index (Phi) is 17.7. The van der Waals surface area contributed by atoms with E-state index in [9.17, 15) is 10.2 Å². The molecule has 75 heavy (non-hydrogen) atoms. The average Bonchev–Trinajstić information content (AvgIpc) is 3.54. The van der Waals surface area contributed by atoms with Crippen molar-refractivity contribution in [3.63, 3.8) is 0 Å². The van der Waals surface area contributed by atoms with Gasteiger partial charge in [0, 0.05) is 39.1 Å². The molecular weight excluding hydrogens is 980 g/mol. The second-order valence-electron chi connectivity index (χ2n) is 27.9. The molecule has 6 aliphatic carbocycles. The fourth-order valence-electron chi connectivity index (χ4n) is 16.7. The maximum absolute atomic E-state index is 13.4. The number of fused-ring (bicyclic) bond motifs is 7. The van der Waals surface area contributed by atoms with Crippen molar-refractivity contribution in [2.24, 2.45) is 50.2 Å². The van der Waals surface area contributed by atoms with Gasteiger partial charge in [-0.15, -0.1) is 6.10 Å². The van der Waals surface area contributed by atoms with E-state index in [0.29, 0.717) is 17.3 Å². The zero-order valence-electron chi connectivity index (χ0n) is 50.4. The van der Waals surface area contributed by atoms with E-state index in [-0.39, 0.29) is 81.8 Å². The predicted octanol–water partition coefficient (Wildman–Crippen LogP) is 14.6. The van der Waals surface area contributed by atoms with Gasteiger partial charge in [-0.3, -0.25) is 0 Å². The summed E-state index contributed by atoms with van der Waals surface area (Å²) in [5.41, 5.74) is 15.6. The average molecular weight is 1080 g/mol. The first-order valence-electron chi connectivity index (χ1n) is 29.0. The van der Waals surface area contributed by atoms with Crippen LogP contribution in [-0.4, -0.2) is 30.5 Å². The number of hydrogen-bond acceptors (Lipinski definition) is 4. The summed E-state index contributed by atoms with van der Waals surface area (Å²) in [4.78, 5) is 0. The number of aryl methyl sites for hydroxylation is 4. The molecule has 0 bridgehead atoms. The van der Waals surface area contributed by atoms with E-state index in [1.54, 1.807) is 18.3 Å². The summed E-state index contributed by atoms with van der Waals surface area (Å²) in [6.45, 7) is 39.0. The van der Waals surface area contributed by atoms with Crippen molar-refractivity contribution in [2.45, 2.75) is 231 Å². The predicted molar refractivity (Wildman–Crippen MR) is 310 cm³/mol. The summed E-state index contributed by atoms with van der Waals surface area (Å²) in [6.07, 6.45) is 20.9. The van der Waals surface area contributed by atoms with Crippen LogP contribution in [0, 0.1) is 97.0 Å². The zero-order chi connectivity index (χ0) is 54.2. The number of rotatable bonds is 3. The molecule has 6 heteroatoms. The van der Waals surface area contributed by atoms with Gasteiger partial charge < -0.3 is 19.7 Å². The van der Waals surface area contributed by atoms with Gasteiger partial charge in [0.1, 0.15) is 17.6 Å². The summed E-state index contributed by atoms with van der Waals surface area (Å²) in [5, 5.41) is 24.8. The van der Waals surface area contributed by atoms with E-state index in [1.807, 2.05) is 0 Å². The van der Waals surface area contributed by atoms with Crippen LogP contribution in [0.5, 0.6) is 11.5 Å². The van der Waals surface area contributed by atoms with Crippen molar-refractivity contribution in [3.05, 3.63) is 126 Å². The van der Waals surface area contributed by atoms with Crippen LogP contribution >= 0.6 is 15.9 Å². The van der Waals surface area contributed by atoms with E-state index in [1.165, 1.54) is 83.9 Å². The molecule has 4 nitrogen and oxygen atoms in total. The van der Waals surface area contributed by atoms with Crippen LogP contribution in [0.4, 0.5) is 0 Å². The number of halogens is 1. The van der Waals surface area contributed by atoms with Gasteiger partial charge >= 0.3 is 18.9 Å². The molecule has 3 aromatic rings. The van der Waals surface area contributed by atoms with Gasteiger partial charge in [0.25, 0.3) is 0 Å². The summed E-state index contributed by atoms with van der Waals surface area (Å²) in [7, 11) is 1.75. The number of aliphatic hydroxyl groups excluding tert-OH is 1. The Morgan fingerprint density at radius 3 is 1.56 bits per heavy atom. The summed E-state index contributed by atoms with van der Waals surface area (Å²) in [6, 6.07) is 17.8. The van der Waals surface area contributed by atoms with Crippen LogP contribution in [-0.2, 0) is 0 Å². The van der Waals surface area contributed by atoms with Gasteiger partial charge in [-0.25, -0.2) is 0 Å². The number of hydrogen-bond donors (Lipinski definition) is 1. The third-order valence-corrected chi connectivity index (χ3v) is 21.8. The molecule has 3 fully saturated rings. The molecule has 0 aromatic heterocycles. The second kappa shape index (κ2) is 22.1. The van der Waals surface area contributed by atoms with Gasteiger partial charge in [-0.2, -0.15) is 0 Å². The largest absolute Gasteiger partial charge is 1.00 e. The van der Waals surface area contributed by atoms with Crippen molar-refractivity contribution < 1.29 is 38.5 Å². The number of benzene rings is 2. The molecule has 12 atom stereocenters. The first-order valence-corrected chi connectivity index (χ1v) is 29.8. The first kappa shape index (κ1) is 59.9. The van der Waals surface area contributed by atoms with E-state index in [2.05, 4.69) is 194 Å². The molecule has 0 amide bonds. The van der Waals surface area contributed by atoms with Gasteiger partial charge in [0.05, 0.1) is 13.2 Å². The van der Waals surface area contributed by atoms with Crippen LogP contribution in [0.3, 0.4) is 0 Å². The Morgan fingerprint density at radius 2 is 1.04 bits per heavy atom. The Hall–Kier alpha value is -2.70. The van der Waals surface area contributed by atoms with Crippen molar-refractivity contribution in [1.82, 2.24) is 0 Å². The van der Waals surface area contributed by atoms with Gasteiger partial charge in [-0.1, -0.05) is 177 Å². The maximum Gasteiger partial charge on any atom is 1.00 e. The van der Waals surface area contributed by atoms with E-state index in [4.69, 9.17) is 9.47 Å². The van der Waals surface area contributed by atoms with E-state index < -0.39 is 6.10 Å². The Balaban J connectivity index is 0.000000163. The number of methoxy groups -OCH3 is 1. The standard InChI is InChI=1S/C23H33BrO.C23H32O2.C23H31O.Li/c1-14-8-9-19-22(4,5)10-7-11-23(19,6)20(21(14)25)17-12-15(2)16(3)13-18(17)24;1-14-8-9-19-22(3,4)10-7-11-23(19,5)20-16-12-15(2)17(24-6)13-18(16)25-21(14)20;1-15-8-10-18(14-17(15)3)20-21(24)16(2)9-11-19-22(4,5)12-7-13-23(19,20)6;/h9,12-14,20-21,25H,7-8,10-11H2,1-6H3;9,12-14,20-21H,7-8,10-11H2,1-6H3;11,14,16,20-21H,7,9,12-13H2,1-6H3;/q;;-1;+1/t2*14-,20+,21+,23+;16-,20+,21+,23+;/m111./s1. The van der Waals surface area contributed by atoms with Crippen molar-refractivity contribution in [1.29, 1.82) is 0 Å². The molecule has 0 unspecified atom stereocenters. The van der Waals surface area contributed by atoms with Gasteiger partial charge in [0.2, 0.25) is 0 Å². The SMILES string of the molecule is COc1cc2c(cc1C)[C@H]1[C@@H](O2)[C@H](C)CC=C2C(C)(C)CCC[C@@]21C.Cc1c#cc([C@H]2[C@@H]([O-])[C@H](C)CC=C3C(C)(C)CCC[C@@]32C)cc1C.Cc1cc(Br)c([C@H]2[C@@H](O)[C@H](C)CC=C3C(C)(C)CCC[C@@]32C)cc1C.[Li+]. The molecule has 0 spiro atoms. The fraction of sp³-hybridized carbons (Fsp3) is 0.652. The van der Waals surface area contributed by atoms with E-state index >= 15 is 0 Å². The molecule has 0 saturated heterocycles. The molecule has 10 rings (SSSR count). The molecule has 3 aromatic carbocycles. The molecule has 7 aliphatic rings. The normalized spacial score (nSPS) is 34.8. The van der Waals surface area contributed by atoms with Gasteiger partial charge in [-0.05, 0) is 189 Å². The zero-order valence-corrected chi connectivity index (χ0v) is 51.9. The Labute approximate surface area is 477 Å². The molecule has 1 heterocycles. The van der Waals surface area contributed by atoms with Gasteiger partial charge in [0.15, 0.2) is 0 Å². The third-order valence-electron chi connectivity index (χ3n) is 21.1. The van der Waals surface area contributed by atoms with Crippen LogP contribution in [0.25, 0.3) is 0 Å². The summed E-state index contributed by atoms with van der Waals surface area (Å²) < 4.78 is 13.3. The maximum atomic E-state index is 13.4. The number of ether oxygens (including phenoxy) is 2. The third kappa shape index (κ3) is 10.9. The quantitative estimate of drug-likeness (QED) is 0.210. The van der Waals surface area contributed by atoms with Crippen molar-refractivity contribution in [3.8, 4) is 11.5 Å². The van der Waals surface area contributed by atoms with Crippen LogP contribution in [0.15, 0.2) is 69.8 Å². The monoisotopic (exact) mass is 1070 g/mol. The summed E-state index contributed by atoms with van der Waals surface area (Å²) >= 11 is 3.83. The van der Waals surface area contributed by atoms with Crippen LogP contribution in [0.1, 0.15) is 222 Å². The Morgan fingerprint density at radius 1 is 0.573 bits per heavy atom. The smallest absolute Gasteiger partial charge is 0.851 e. The molecule has 1 N–H and O–H groups in total. The molecular formula is C69H96BrLiO4. The summed E-state index contributed by atoms with van der Waals surface area (Å²) in [5.74, 6) is 3.56. The molecule has 1 aliphatic heterocycles. The topological polar surface area (TPSA) is 61.8 Å². The minimum atomic E-state index is -0.579. The minimum absolute atomic E-state index is 0. The number of aliphatic hydroxyl groups is 1. The van der Waals surface area contributed by atoms with Crippen molar-refractivity contribution in [2.75, 3.05) is 7.11 Å². The molecule has 3 saturated carbocycles. The minimum Gasteiger partial charge on any atom is -0.851 e. The first-order chi connectivity index (χ1) is 34.5. The van der Waals surface area contributed by atoms with Crippen LogP contribution < -0.4 is 33.4 Å². The van der Waals surface area contributed by atoms with Crippen LogP contribution in [0.2, 0.25) is 0 Å². The second-order valence-corrected chi connectivity index (χ2v) is 28.8. The fourth-order valence-corrected chi connectivity index (χ4v) is 17.4.